The van der Waals surface area contributed by atoms with E-state index >= 15 is 0 Å². The maximum absolute atomic E-state index is 12.1. The summed E-state index contributed by atoms with van der Waals surface area (Å²) in [5.41, 5.74) is 2.32. The normalized spacial score (nSPS) is 18.2. The number of amides is 1. The Bertz CT molecular complexity index is 962. The van der Waals surface area contributed by atoms with Gasteiger partial charge in [0.2, 0.25) is 0 Å². The van der Waals surface area contributed by atoms with E-state index in [2.05, 4.69) is 15.3 Å². The predicted molar refractivity (Wildman–Crippen MR) is 113 cm³/mol. The number of rotatable bonds is 8. The fourth-order valence-electron chi connectivity index (χ4n) is 3.44. The minimum absolute atomic E-state index is 0.0146. The second-order valence-electron chi connectivity index (χ2n) is 7.81. The molecule has 1 unspecified atom stereocenters. The number of hydrogen-bond acceptors (Lipinski definition) is 8. The first-order valence-electron chi connectivity index (χ1n) is 10.5. The molecule has 0 spiro atoms. The van der Waals surface area contributed by atoms with Gasteiger partial charge in [-0.25, -0.2) is 14.5 Å². The fourth-order valence-corrected chi connectivity index (χ4v) is 3.44. The minimum atomic E-state index is -0.889. The molecule has 32 heavy (non-hydrogen) atoms. The van der Waals surface area contributed by atoms with E-state index in [1.54, 1.807) is 37.8 Å². The van der Waals surface area contributed by atoms with Gasteiger partial charge in [-0.1, -0.05) is 12.1 Å². The van der Waals surface area contributed by atoms with Crippen molar-refractivity contribution in [3.8, 4) is 17.1 Å². The van der Waals surface area contributed by atoms with E-state index < -0.39 is 18.0 Å². The van der Waals surface area contributed by atoms with Crippen molar-refractivity contribution in [2.45, 2.75) is 39.4 Å². The van der Waals surface area contributed by atoms with E-state index in [4.69, 9.17) is 14.2 Å². The lowest BCUT2D eigenvalue weighted by Crippen LogP contribution is -2.37. The van der Waals surface area contributed by atoms with E-state index in [1.807, 2.05) is 6.92 Å². The van der Waals surface area contributed by atoms with Crippen LogP contribution in [-0.2, 0) is 27.9 Å². The number of carbonyl (C=O) groups is 2. The zero-order valence-electron chi connectivity index (χ0n) is 18.8. The number of pyridine rings is 1. The topological polar surface area (TPSA) is 129 Å². The Labute approximate surface area is 186 Å². The van der Waals surface area contributed by atoms with Gasteiger partial charge >= 0.3 is 12.1 Å². The largest absolute Gasteiger partial charge is 0.486 e. The highest BCUT2D eigenvalue weighted by Gasteiger charge is 2.29. The summed E-state index contributed by atoms with van der Waals surface area (Å²) < 4.78 is 18.3. The van der Waals surface area contributed by atoms with Gasteiger partial charge in [0, 0.05) is 27.1 Å². The molecule has 1 N–H and O–H groups in total. The van der Waals surface area contributed by atoms with Crippen molar-refractivity contribution in [3.63, 3.8) is 0 Å². The molecular formula is C21H29N5O6. The number of aryl methyl sites for hydroxylation is 2. The summed E-state index contributed by atoms with van der Waals surface area (Å²) in [6, 6.07) is 3.51. The highest BCUT2D eigenvalue weighted by Crippen LogP contribution is 2.27. The Morgan fingerprint density at radius 1 is 1.34 bits per heavy atom. The van der Waals surface area contributed by atoms with Crippen molar-refractivity contribution < 1.29 is 28.9 Å². The van der Waals surface area contributed by atoms with Gasteiger partial charge in [-0.05, 0) is 25.5 Å². The monoisotopic (exact) mass is 447 g/mol. The zero-order valence-corrected chi connectivity index (χ0v) is 18.8. The van der Waals surface area contributed by atoms with Crippen molar-refractivity contribution in [1.82, 2.24) is 24.9 Å². The molecule has 0 bridgehead atoms. The molecule has 1 fully saturated rings. The van der Waals surface area contributed by atoms with Crippen LogP contribution in [0.1, 0.15) is 31.2 Å². The number of hydrogen-bond donors (Lipinski definition) is 1. The minimum Gasteiger partial charge on any atom is -0.486 e. The SMILES string of the molecule is CCCN(C)C(=O)OCc1c(-c2ccc(OC3COC[C@@H](C(=O)O)C3)c(C)n2)nnn1C. The average molecular weight is 447 g/mol. The molecule has 1 amide bonds. The smallest absolute Gasteiger partial charge is 0.409 e. The molecule has 0 saturated carbocycles. The van der Waals surface area contributed by atoms with Crippen LogP contribution in [0.2, 0.25) is 0 Å². The average Bonchev–Trinajstić information content (AvgIpc) is 3.14. The molecule has 1 aliphatic heterocycles. The first kappa shape index (κ1) is 23.5. The standard InChI is InChI=1S/C21H29N5O6/c1-5-8-25(3)21(29)31-12-17-19(23-24-26(17)4)16-6-7-18(13(2)22-16)32-15-9-14(20(27)28)10-30-11-15/h6-7,14-15H,5,8-12H2,1-4H3,(H,27,28)/t14-,15?/m0/s1. The Kier molecular flexibility index (Phi) is 7.62. The lowest BCUT2D eigenvalue weighted by molar-refractivity contribution is -0.149. The molecular weight excluding hydrogens is 418 g/mol. The van der Waals surface area contributed by atoms with Crippen LogP contribution in [0.15, 0.2) is 12.1 Å². The third-order valence-corrected chi connectivity index (χ3v) is 5.24. The molecule has 3 heterocycles. The molecule has 0 radical (unpaired) electrons. The van der Waals surface area contributed by atoms with Gasteiger partial charge in [0.1, 0.15) is 29.8 Å². The number of aliphatic carboxylic acids is 1. The van der Waals surface area contributed by atoms with E-state index in [9.17, 15) is 14.7 Å². The van der Waals surface area contributed by atoms with Crippen LogP contribution in [0.3, 0.4) is 0 Å². The molecule has 174 valence electrons. The van der Waals surface area contributed by atoms with Gasteiger partial charge in [0.25, 0.3) is 0 Å². The first-order chi connectivity index (χ1) is 15.3. The summed E-state index contributed by atoms with van der Waals surface area (Å²) in [4.78, 5) is 29.4. The van der Waals surface area contributed by atoms with E-state index in [1.165, 1.54) is 4.90 Å². The van der Waals surface area contributed by atoms with Crippen molar-refractivity contribution in [2.24, 2.45) is 13.0 Å². The first-order valence-corrected chi connectivity index (χ1v) is 10.5. The molecule has 1 saturated heterocycles. The molecule has 0 aliphatic carbocycles. The number of nitrogens with zero attached hydrogens (tertiary/aromatic N) is 5. The van der Waals surface area contributed by atoms with Crippen molar-refractivity contribution in [2.75, 3.05) is 26.8 Å². The highest BCUT2D eigenvalue weighted by atomic mass is 16.6. The maximum atomic E-state index is 12.1. The van der Waals surface area contributed by atoms with Crippen LogP contribution in [0.25, 0.3) is 11.4 Å². The maximum Gasteiger partial charge on any atom is 0.409 e. The Hall–Kier alpha value is -3.21. The molecule has 3 rings (SSSR count). The van der Waals surface area contributed by atoms with E-state index in [-0.39, 0.29) is 19.3 Å². The molecule has 2 atom stereocenters. The Morgan fingerprint density at radius 2 is 2.12 bits per heavy atom. The van der Waals surface area contributed by atoms with Crippen LogP contribution in [-0.4, -0.2) is 75.0 Å². The molecule has 2 aromatic heterocycles. The number of carbonyl (C=O) groups excluding carboxylic acids is 1. The molecule has 0 aromatic carbocycles. The van der Waals surface area contributed by atoms with Gasteiger partial charge in [-0.15, -0.1) is 5.10 Å². The number of carboxylic acid groups (broad SMARTS) is 1. The Morgan fingerprint density at radius 3 is 2.81 bits per heavy atom. The van der Waals surface area contributed by atoms with Crippen LogP contribution in [0.5, 0.6) is 5.75 Å². The third kappa shape index (κ3) is 5.52. The van der Waals surface area contributed by atoms with Crippen LogP contribution in [0, 0.1) is 12.8 Å². The van der Waals surface area contributed by atoms with Crippen LogP contribution >= 0.6 is 0 Å². The second kappa shape index (κ2) is 10.4. The molecule has 2 aromatic rings. The lowest BCUT2D eigenvalue weighted by atomic mass is 10.0. The lowest BCUT2D eigenvalue weighted by Gasteiger charge is -2.27. The summed E-state index contributed by atoms with van der Waals surface area (Å²) in [6.07, 6.45) is 0.443. The third-order valence-electron chi connectivity index (χ3n) is 5.24. The van der Waals surface area contributed by atoms with Gasteiger partial charge in [-0.3, -0.25) is 4.79 Å². The summed E-state index contributed by atoms with van der Waals surface area (Å²) in [7, 11) is 3.41. The molecule has 1 aliphatic rings. The van der Waals surface area contributed by atoms with Gasteiger partial charge < -0.3 is 24.2 Å². The quantitative estimate of drug-likeness (QED) is 0.646. The van der Waals surface area contributed by atoms with E-state index in [0.29, 0.717) is 48.1 Å². The number of ether oxygens (including phenoxy) is 3. The zero-order chi connectivity index (χ0) is 23.3. The molecule has 11 nitrogen and oxygen atoms in total. The van der Waals surface area contributed by atoms with Crippen molar-refractivity contribution >= 4 is 12.1 Å². The van der Waals surface area contributed by atoms with Crippen LogP contribution in [0.4, 0.5) is 4.79 Å². The molecule has 11 heteroatoms. The van der Waals surface area contributed by atoms with Gasteiger partial charge in [0.05, 0.1) is 30.5 Å². The van der Waals surface area contributed by atoms with Gasteiger partial charge in [0.15, 0.2) is 0 Å². The second-order valence-corrected chi connectivity index (χ2v) is 7.81. The Balaban J connectivity index is 1.71. The fraction of sp³-hybridized carbons (Fsp3) is 0.571. The summed E-state index contributed by atoms with van der Waals surface area (Å²) in [6.45, 7) is 4.93. The number of carboxylic acids is 1. The van der Waals surface area contributed by atoms with Crippen LogP contribution < -0.4 is 4.74 Å². The van der Waals surface area contributed by atoms with Crippen molar-refractivity contribution in [3.05, 3.63) is 23.5 Å². The van der Waals surface area contributed by atoms with E-state index in [0.717, 1.165) is 6.42 Å². The predicted octanol–water partition coefficient (Wildman–Crippen LogP) is 2.03. The summed E-state index contributed by atoms with van der Waals surface area (Å²) in [5.74, 6) is -0.922. The number of aromatic nitrogens is 4. The van der Waals surface area contributed by atoms with Gasteiger partial charge in [-0.2, -0.15) is 0 Å². The van der Waals surface area contributed by atoms with Crippen molar-refractivity contribution in [1.29, 1.82) is 0 Å². The summed E-state index contributed by atoms with van der Waals surface area (Å²) in [5, 5.41) is 17.4. The summed E-state index contributed by atoms with van der Waals surface area (Å²) >= 11 is 0. The highest BCUT2D eigenvalue weighted by molar-refractivity contribution is 5.70.